The second kappa shape index (κ2) is 10.2. The number of piperidine rings is 1. The molecular weight excluding hydrogens is 523 g/mol. The number of anilines is 2. The van der Waals surface area contributed by atoms with E-state index >= 15 is 0 Å². The molecule has 4 rings (SSSR count). The summed E-state index contributed by atoms with van der Waals surface area (Å²) in [4.78, 5) is 26.2. The number of aromatic nitrogens is 2. The maximum absolute atomic E-state index is 13.5. The predicted octanol–water partition coefficient (Wildman–Crippen LogP) is 4.58. The van der Waals surface area contributed by atoms with Gasteiger partial charge in [0.1, 0.15) is 11.5 Å². The molecule has 35 heavy (non-hydrogen) atoms. The monoisotopic (exact) mass is 544 g/mol. The van der Waals surface area contributed by atoms with E-state index in [1.807, 2.05) is 11.0 Å². The number of nitrogens with zero attached hydrogens (tertiary/aromatic N) is 5. The maximum Gasteiger partial charge on any atom is 0.293 e. The fourth-order valence-electron chi connectivity index (χ4n) is 4.11. The highest BCUT2D eigenvalue weighted by molar-refractivity contribution is 9.10. The van der Waals surface area contributed by atoms with Crippen molar-refractivity contribution in [2.45, 2.75) is 12.8 Å². The van der Waals surface area contributed by atoms with Crippen molar-refractivity contribution in [3.8, 4) is 11.1 Å². The summed E-state index contributed by atoms with van der Waals surface area (Å²) in [5.41, 5.74) is 2.33. The number of Topliss-reactive ketones (excluding diaryl/α,β-unsaturated/α-hetero) is 1. The first kappa shape index (κ1) is 24.3. The Bertz CT molecular complexity index is 1300. The molecule has 10 nitrogen and oxygen atoms in total. The van der Waals surface area contributed by atoms with Crippen molar-refractivity contribution in [1.29, 1.82) is 0 Å². The standard InChI is InChI=1S/C23H22BrFN6O4/c1-29-13-16(12-26-29)15-2-5-20(21(10-15)31(34)35)30-8-6-14(7-9-30)22(32)23(28-33)27-17-3-4-19(25)18(24)11-17/h2-5,10-14,33H,6-9H2,1H3,(H,27,28). The molecular formula is C23H22BrFN6O4. The van der Waals surface area contributed by atoms with Crippen LogP contribution >= 0.6 is 15.9 Å². The summed E-state index contributed by atoms with van der Waals surface area (Å²) in [6.07, 6.45) is 4.28. The molecule has 1 saturated heterocycles. The molecule has 2 N–H and O–H groups in total. The SMILES string of the molecule is Cn1cc(-c2ccc(N3CCC(C(=O)/C(=N/O)Nc4ccc(F)c(Br)c4)CC3)c([N+](=O)[O-])c2)cn1. The second-order valence-corrected chi connectivity index (χ2v) is 9.05. The lowest BCUT2D eigenvalue weighted by Crippen LogP contribution is -2.40. The van der Waals surface area contributed by atoms with Gasteiger partial charge in [0.25, 0.3) is 5.69 Å². The van der Waals surface area contributed by atoms with Gasteiger partial charge >= 0.3 is 0 Å². The van der Waals surface area contributed by atoms with Gasteiger partial charge in [0, 0.05) is 49.6 Å². The molecule has 1 fully saturated rings. The fourth-order valence-corrected chi connectivity index (χ4v) is 4.49. The van der Waals surface area contributed by atoms with Gasteiger partial charge in [0.05, 0.1) is 15.6 Å². The number of amidine groups is 1. The molecule has 0 bridgehead atoms. The van der Waals surface area contributed by atoms with E-state index in [2.05, 4.69) is 31.5 Å². The third-order valence-electron chi connectivity index (χ3n) is 5.93. The van der Waals surface area contributed by atoms with Crippen molar-refractivity contribution in [1.82, 2.24) is 9.78 Å². The summed E-state index contributed by atoms with van der Waals surface area (Å²) in [5.74, 6) is -1.51. The summed E-state index contributed by atoms with van der Waals surface area (Å²) in [6, 6.07) is 9.15. The quantitative estimate of drug-likeness (QED) is 0.153. The van der Waals surface area contributed by atoms with Gasteiger partial charge in [-0.05, 0) is 58.6 Å². The highest BCUT2D eigenvalue weighted by Crippen LogP contribution is 2.35. The molecule has 0 radical (unpaired) electrons. The number of carbonyl (C=O) groups is 1. The molecule has 1 aliphatic rings. The Hall–Kier alpha value is -3.80. The molecule has 3 aromatic rings. The number of nitro benzene ring substituents is 1. The van der Waals surface area contributed by atoms with Crippen LogP contribution in [0.5, 0.6) is 0 Å². The normalized spacial score (nSPS) is 14.7. The molecule has 0 saturated carbocycles. The minimum atomic E-state index is -0.459. The van der Waals surface area contributed by atoms with E-state index in [4.69, 9.17) is 0 Å². The summed E-state index contributed by atoms with van der Waals surface area (Å²) in [5, 5.41) is 31.1. The number of nitro groups is 1. The van der Waals surface area contributed by atoms with Gasteiger partial charge in [-0.1, -0.05) is 11.2 Å². The first-order valence-electron chi connectivity index (χ1n) is 10.8. The zero-order chi connectivity index (χ0) is 25.1. The minimum Gasteiger partial charge on any atom is -0.409 e. The van der Waals surface area contributed by atoms with Crippen LogP contribution in [-0.4, -0.2) is 44.6 Å². The molecule has 2 heterocycles. The molecule has 2 aromatic carbocycles. The number of ketones is 1. The van der Waals surface area contributed by atoms with Crippen molar-refractivity contribution >= 4 is 44.6 Å². The average molecular weight is 545 g/mol. The summed E-state index contributed by atoms with van der Waals surface area (Å²) in [6.45, 7) is 0.842. The molecule has 1 aromatic heterocycles. The van der Waals surface area contributed by atoms with Crippen LogP contribution in [0, 0.1) is 21.8 Å². The smallest absolute Gasteiger partial charge is 0.293 e. The van der Waals surface area contributed by atoms with Crippen molar-refractivity contribution < 1.29 is 19.3 Å². The third-order valence-corrected chi connectivity index (χ3v) is 6.54. The van der Waals surface area contributed by atoms with Crippen molar-refractivity contribution in [3.05, 3.63) is 69.2 Å². The zero-order valence-electron chi connectivity index (χ0n) is 18.7. The largest absolute Gasteiger partial charge is 0.409 e. The molecule has 0 amide bonds. The van der Waals surface area contributed by atoms with Crippen LogP contribution in [0.4, 0.5) is 21.5 Å². The number of rotatable bonds is 6. The highest BCUT2D eigenvalue weighted by atomic mass is 79.9. The summed E-state index contributed by atoms with van der Waals surface area (Å²) < 4.78 is 15.3. The first-order chi connectivity index (χ1) is 16.8. The van der Waals surface area contributed by atoms with Crippen LogP contribution in [0.3, 0.4) is 0 Å². The Morgan fingerprint density at radius 3 is 2.60 bits per heavy atom. The van der Waals surface area contributed by atoms with Gasteiger partial charge in [-0.2, -0.15) is 5.10 Å². The number of carbonyl (C=O) groups excluding carboxylic acids is 1. The van der Waals surface area contributed by atoms with E-state index in [0.717, 1.165) is 5.56 Å². The topological polar surface area (TPSA) is 126 Å². The van der Waals surface area contributed by atoms with Gasteiger partial charge in [-0.3, -0.25) is 19.6 Å². The summed E-state index contributed by atoms with van der Waals surface area (Å²) in [7, 11) is 1.78. The Balaban J connectivity index is 1.45. The lowest BCUT2D eigenvalue weighted by atomic mass is 9.91. The van der Waals surface area contributed by atoms with Gasteiger partial charge in [-0.15, -0.1) is 0 Å². The van der Waals surface area contributed by atoms with Crippen LogP contribution in [0.2, 0.25) is 0 Å². The van der Waals surface area contributed by atoms with Crippen LogP contribution < -0.4 is 10.2 Å². The predicted molar refractivity (Wildman–Crippen MR) is 132 cm³/mol. The molecule has 182 valence electrons. The van der Waals surface area contributed by atoms with E-state index in [1.54, 1.807) is 30.2 Å². The first-order valence-corrected chi connectivity index (χ1v) is 11.6. The minimum absolute atomic E-state index is 0.0164. The van der Waals surface area contributed by atoms with Gasteiger partial charge in [-0.25, -0.2) is 4.39 Å². The number of benzene rings is 2. The Labute approximate surface area is 208 Å². The van der Waals surface area contributed by atoms with Gasteiger partial charge in [0.2, 0.25) is 11.6 Å². The van der Waals surface area contributed by atoms with Crippen LogP contribution in [0.1, 0.15) is 12.8 Å². The zero-order valence-corrected chi connectivity index (χ0v) is 20.3. The maximum atomic E-state index is 13.5. The molecule has 0 aliphatic carbocycles. The molecule has 12 heteroatoms. The van der Waals surface area contributed by atoms with Crippen LogP contribution in [0.25, 0.3) is 11.1 Å². The molecule has 0 unspecified atom stereocenters. The molecule has 1 aliphatic heterocycles. The number of nitrogens with one attached hydrogen (secondary N) is 1. The van der Waals surface area contributed by atoms with E-state index in [-0.39, 0.29) is 21.8 Å². The molecule has 0 atom stereocenters. The number of hydrogen-bond acceptors (Lipinski definition) is 7. The molecule has 0 spiro atoms. The average Bonchev–Trinajstić information content (AvgIpc) is 3.30. The van der Waals surface area contributed by atoms with E-state index in [9.17, 15) is 24.5 Å². The Morgan fingerprint density at radius 2 is 2.00 bits per heavy atom. The van der Waals surface area contributed by atoms with Crippen molar-refractivity contribution in [2.75, 3.05) is 23.3 Å². The number of hydrogen-bond donors (Lipinski definition) is 2. The number of oxime groups is 1. The fraction of sp³-hybridized carbons (Fsp3) is 0.261. The van der Waals surface area contributed by atoms with E-state index in [0.29, 0.717) is 42.9 Å². The van der Waals surface area contributed by atoms with Crippen molar-refractivity contribution in [3.63, 3.8) is 0 Å². The third kappa shape index (κ3) is 5.32. The second-order valence-electron chi connectivity index (χ2n) is 8.19. The van der Waals surface area contributed by atoms with Crippen LogP contribution in [0.15, 0.2) is 58.4 Å². The summed E-state index contributed by atoms with van der Waals surface area (Å²) >= 11 is 3.08. The van der Waals surface area contributed by atoms with Gasteiger partial charge in [0.15, 0.2) is 0 Å². The Morgan fingerprint density at radius 1 is 1.26 bits per heavy atom. The lowest BCUT2D eigenvalue weighted by molar-refractivity contribution is -0.384. The highest BCUT2D eigenvalue weighted by Gasteiger charge is 2.31. The van der Waals surface area contributed by atoms with E-state index < -0.39 is 16.7 Å². The number of halogens is 2. The van der Waals surface area contributed by atoms with E-state index in [1.165, 1.54) is 24.3 Å². The van der Waals surface area contributed by atoms with Gasteiger partial charge < -0.3 is 15.4 Å². The Kier molecular flexibility index (Phi) is 7.10. The van der Waals surface area contributed by atoms with Crippen molar-refractivity contribution in [2.24, 2.45) is 18.1 Å². The lowest BCUT2D eigenvalue weighted by Gasteiger charge is -2.32. The van der Waals surface area contributed by atoms with Crippen LogP contribution in [-0.2, 0) is 11.8 Å². The number of aryl methyl sites for hydroxylation is 1.